The number of alkyl halides is 1. The third-order valence-corrected chi connectivity index (χ3v) is 5.70. The molecule has 2 aliphatic rings. The molecule has 0 spiro atoms. The topological polar surface area (TPSA) is 66.6 Å². The van der Waals surface area contributed by atoms with Crippen LogP contribution in [0.2, 0.25) is 0 Å². The first kappa shape index (κ1) is 29.2. The number of rotatable bonds is 6. The molecule has 0 amide bonds. The van der Waals surface area contributed by atoms with Crippen LogP contribution in [0.5, 0.6) is 0 Å². The van der Waals surface area contributed by atoms with Crippen LogP contribution in [0.3, 0.4) is 0 Å². The molecule has 1 aromatic rings. The Balaban J connectivity index is 0.000000451. The fourth-order valence-electron chi connectivity index (χ4n) is 3.54. The van der Waals surface area contributed by atoms with E-state index in [9.17, 15) is 13.6 Å². The van der Waals surface area contributed by atoms with Gasteiger partial charge in [-0.25, -0.2) is 8.78 Å². The lowest BCUT2D eigenvalue weighted by atomic mass is 9.82. The summed E-state index contributed by atoms with van der Waals surface area (Å²) in [5.74, 6) is 0.699. The quantitative estimate of drug-likeness (QED) is 0.312. The molecule has 1 heterocycles. The van der Waals surface area contributed by atoms with E-state index in [1.165, 1.54) is 12.1 Å². The molecule has 2 fully saturated rings. The Bertz CT molecular complexity index is 809. The molecule has 1 aliphatic carbocycles. The van der Waals surface area contributed by atoms with Gasteiger partial charge in [0.25, 0.3) is 0 Å². The molecule has 1 saturated carbocycles. The molecule has 4 nitrogen and oxygen atoms in total. The number of aldehydes is 1. The van der Waals surface area contributed by atoms with Crippen molar-refractivity contribution in [2.45, 2.75) is 63.4 Å². The second-order valence-corrected chi connectivity index (χ2v) is 8.90. The largest absolute Gasteiger partial charge is 0.382 e. The molecule has 3 N–H and O–H groups in total. The molecule has 1 saturated heterocycles. The van der Waals surface area contributed by atoms with Crippen molar-refractivity contribution in [1.29, 1.82) is 0 Å². The highest BCUT2D eigenvalue weighted by atomic mass is 32.1. The highest BCUT2D eigenvalue weighted by Crippen LogP contribution is 2.28. The number of likely N-dealkylation sites (N-methyl/N-ethyl adjacent to an activating group) is 1. The van der Waals surface area contributed by atoms with Gasteiger partial charge >= 0.3 is 0 Å². The normalized spacial score (nSPS) is 24.6. The van der Waals surface area contributed by atoms with Crippen LogP contribution < -0.4 is 5.73 Å². The van der Waals surface area contributed by atoms with Gasteiger partial charge in [0.2, 0.25) is 0 Å². The van der Waals surface area contributed by atoms with E-state index in [4.69, 9.17) is 10.8 Å². The average molecular weight is 481 g/mol. The minimum absolute atomic E-state index is 0.0408. The predicted molar refractivity (Wildman–Crippen MR) is 137 cm³/mol. The summed E-state index contributed by atoms with van der Waals surface area (Å²) in [6, 6.07) is 6.13. The van der Waals surface area contributed by atoms with Crippen LogP contribution in [0.15, 0.2) is 54.6 Å². The number of thiol groups is 1. The van der Waals surface area contributed by atoms with Gasteiger partial charge in [0.05, 0.1) is 6.04 Å². The summed E-state index contributed by atoms with van der Waals surface area (Å²) < 4.78 is 26.8. The van der Waals surface area contributed by atoms with Crippen LogP contribution in [-0.4, -0.2) is 59.5 Å². The summed E-state index contributed by atoms with van der Waals surface area (Å²) in [6.45, 7) is 4.31. The lowest BCUT2D eigenvalue weighted by Crippen LogP contribution is -2.39. The summed E-state index contributed by atoms with van der Waals surface area (Å²) >= 11 is 3.79. The summed E-state index contributed by atoms with van der Waals surface area (Å²) in [5.41, 5.74) is 6.75. The number of nitrogens with two attached hydrogens (primary N) is 1. The number of hydrogen-bond donors (Lipinski definition) is 3. The SMILES string of the molecule is CCS.C\C=C(/C=C\C=C\CC1C(N)C(F)CN1C)c1cccc(F)c1.O=CC1(O)CCC1. The molecule has 184 valence electrons. The Hall–Kier alpha value is -1.80. The van der Waals surface area contributed by atoms with Crippen molar-refractivity contribution in [2.75, 3.05) is 19.3 Å². The molecule has 7 heteroatoms. The number of likely N-dealkylation sites (tertiary alicyclic amines) is 1. The van der Waals surface area contributed by atoms with Gasteiger partial charge in [0, 0.05) is 12.6 Å². The summed E-state index contributed by atoms with van der Waals surface area (Å²) in [5, 5.41) is 8.85. The number of carbonyl (C=O) groups excluding carboxylic acids is 1. The first-order chi connectivity index (χ1) is 15.7. The van der Waals surface area contributed by atoms with Crippen LogP contribution in [0, 0.1) is 5.82 Å². The Morgan fingerprint density at radius 1 is 1.36 bits per heavy atom. The van der Waals surface area contributed by atoms with Crippen molar-refractivity contribution in [3.8, 4) is 0 Å². The third kappa shape index (κ3) is 9.92. The van der Waals surface area contributed by atoms with Gasteiger partial charge in [-0.05, 0) is 68.7 Å². The maximum Gasteiger partial charge on any atom is 0.151 e. The van der Waals surface area contributed by atoms with Crippen LogP contribution in [-0.2, 0) is 4.79 Å². The summed E-state index contributed by atoms with van der Waals surface area (Å²) in [7, 11) is 1.90. The van der Waals surface area contributed by atoms with E-state index >= 15 is 0 Å². The third-order valence-electron chi connectivity index (χ3n) is 5.70. The Morgan fingerprint density at radius 3 is 2.45 bits per heavy atom. The number of allylic oxidation sites excluding steroid dienone is 5. The zero-order valence-electron chi connectivity index (χ0n) is 19.8. The smallest absolute Gasteiger partial charge is 0.151 e. The number of carbonyl (C=O) groups is 1. The Morgan fingerprint density at radius 2 is 2.03 bits per heavy atom. The Labute approximate surface area is 202 Å². The van der Waals surface area contributed by atoms with Crippen LogP contribution in [0.1, 0.15) is 45.1 Å². The second-order valence-electron chi connectivity index (χ2n) is 8.27. The van der Waals surface area contributed by atoms with Crippen molar-refractivity contribution in [3.05, 3.63) is 66.0 Å². The van der Waals surface area contributed by atoms with Gasteiger partial charge in [0.1, 0.15) is 17.6 Å². The van der Waals surface area contributed by atoms with Gasteiger partial charge in [-0.1, -0.05) is 49.4 Å². The number of hydrogen-bond acceptors (Lipinski definition) is 5. The molecular formula is C26H38F2N2O2S. The van der Waals surface area contributed by atoms with E-state index in [-0.39, 0.29) is 11.9 Å². The molecule has 33 heavy (non-hydrogen) atoms. The highest BCUT2D eigenvalue weighted by molar-refractivity contribution is 7.80. The molecule has 3 unspecified atom stereocenters. The van der Waals surface area contributed by atoms with E-state index in [0.29, 0.717) is 32.1 Å². The fraction of sp³-hybridized carbons (Fsp3) is 0.500. The highest BCUT2D eigenvalue weighted by Gasteiger charge is 2.36. The summed E-state index contributed by atoms with van der Waals surface area (Å²) in [4.78, 5) is 11.8. The lowest BCUT2D eigenvalue weighted by molar-refractivity contribution is -0.131. The zero-order valence-corrected chi connectivity index (χ0v) is 20.7. The van der Waals surface area contributed by atoms with Gasteiger partial charge in [-0.3, -0.25) is 4.90 Å². The first-order valence-electron chi connectivity index (χ1n) is 11.4. The van der Waals surface area contributed by atoms with Crippen molar-refractivity contribution in [1.82, 2.24) is 4.90 Å². The molecular weight excluding hydrogens is 442 g/mol. The molecule has 1 aromatic carbocycles. The van der Waals surface area contributed by atoms with E-state index in [1.807, 2.05) is 62.2 Å². The number of aliphatic hydroxyl groups is 1. The van der Waals surface area contributed by atoms with Crippen molar-refractivity contribution < 1.29 is 18.7 Å². The van der Waals surface area contributed by atoms with E-state index in [2.05, 4.69) is 12.6 Å². The van der Waals surface area contributed by atoms with Crippen LogP contribution >= 0.6 is 12.6 Å². The number of benzene rings is 1. The maximum atomic E-state index is 13.5. The van der Waals surface area contributed by atoms with Crippen LogP contribution in [0.25, 0.3) is 5.57 Å². The van der Waals surface area contributed by atoms with Gasteiger partial charge in [-0.15, -0.1) is 0 Å². The van der Waals surface area contributed by atoms with Crippen molar-refractivity contribution in [2.24, 2.45) is 5.73 Å². The number of nitrogens with zero attached hydrogens (tertiary/aromatic N) is 1. The Kier molecular flexibility index (Phi) is 13.4. The molecule has 0 aromatic heterocycles. The maximum absolute atomic E-state index is 13.5. The molecule has 3 rings (SSSR count). The fourth-order valence-corrected chi connectivity index (χ4v) is 3.54. The molecule has 3 atom stereocenters. The summed E-state index contributed by atoms with van der Waals surface area (Å²) in [6.07, 6.45) is 12.4. The zero-order chi connectivity index (χ0) is 24.9. The van der Waals surface area contributed by atoms with Crippen molar-refractivity contribution >= 4 is 24.5 Å². The average Bonchev–Trinajstić information content (AvgIpc) is 3.01. The number of halogens is 2. The lowest BCUT2D eigenvalue weighted by Gasteiger charge is -2.30. The monoisotopic (exact) mass is 480 g/mol. The van der Waals surface area contributed by atoms with Gasteiger partial charge in [-0.2, -0.15) is 12.6 Å². The minimum atomic E-state index is -0.948. The second kappa shape index (κ2) is 15.2. The molecule has 0 bridgehead atoms. The van der Waals surface area contributed by atoms with E-state index < -0.39 is 17.8 Å². The minimum Gasteiger partial charge on any atom is -0.382 e. The van der Waals surface area contributed by atoms with E-state index in [1.54, 1.807) is 6.07 Å². The van der Waals surface area contributed by atoms with Crippen molar-refractivity contribution in [3.63, 3.8) is 0 Å². The molecule has 0 radical (unpaired) electrons. The predicted octanol–water partition coefficient (Wildman–Crippen LogP) is 4.75. The standard InChI is InChI=1S/C19H24F2N2.C5H8O2.C2H6S/c1-3-14(15-9-7-10-16(20)12-15)8-5-4-6-11-18-19(22)17(21)13-23(18)2;6-4-5(7)2-1-3-5;1-2-3/h3-10,12,17-19H,11,13,22H2,1-2H3;4,7H,1-3H2;3H,2H2,1H3/b6-4+,8-5-,14-3+;;. The van der Waals surface area contributed by atoms with Crippen LogP contribution in [0.4, 0.5) is 8.78 Å². The first-order valence-corrected chi connectivity index (χ1v) is 12.0. The van der Waals surface area contributed by atoms with Gasteiger partial charge < -0.3 is 15.6 Å². The van der Waals surface area contributed by atoms with E-state index in [0.717, 1.165) is 23.3 Å². The molecule has 1 aliphatic heterocycles. The van der Waals surface area contributed by atoms with Gasteiger partial charge in [0.15, 0.2) is 6.29 Å².